The van der Waals surface area contributed by atoms with Gasteiger partial charge in [-0.25, -0.2) is 4.98 Å². The molecule has 0 spiro atoms. The van der Waals surface area contributed by atoms with Gasteiger partial charge in [0.05, 0.1) is 0 Å². The van der Waals surface area contributed by atoms with Crippen LogP contribution < -0.4 is 0 Å². The standard InChI is InChI=1S/C39H21NO2/c1-2-7-23(8-3-1)39-40-34-18-16-22-13-14-24(19-30(22)38(34)42-39)25-15-17-26-28-10-6-11-29-36(28)32(31(26)20-25)21-33-27-9-4-5-12-35(27)41-37(29)33/h1-21H. The maximum atomic E-state index is 6.39. The van der Waals surface area contributed by atoms with Crippen LogP contribution >= 0.6 is 0 Å². The van der Waals surface area contributed by atoms with Crippen molar-refractivity contribution in [1.29, 1.82) is 0 Å². The molecular formula is C39H21NO2. The highest BCUT2D eigenvalue weighted by Gasteiger charge is 2.25. The zero-order valence-electron chi connectivity index (χ0n) is 22.4. The molecule has 3 heteroatoms. The van der Waals surface area contributed by atoms with E-state index in [2.05, 4.69) is 84.9 Å². The van der Waals surface area contributed by atoms with Gasteiger partial charge in [-0.3, -0.25) is 0 Å². The molecule has 3 nitrogen and oxygen atoms in total. The van der Waals surface area contributed by atoms with E-state index in [9.17, 15) is 0 Å². The van der Waals surface area contributed by atoms with Crippen molar-refractivity contribution < 1.29 is 8.83 Å². The molecule has 0 atom stereocenters. The number of fused-ring (bicyclic) bond motifs is 10. The summed E-state index contributed by atoms with van der Waals surface area (Å²) in [6.45, 7) is 0. The fourth-order valence-corrected chi connectivity index (χ4v) is 6.86. The number of benzene rings is 7. The van der Waals surface area contributed by atoms with E-state index in [4.69, 9.17) is 13.8 Å². The van der Waals surface area contributed by atoms with Crippen LogP contribution in [0.15, 0.2) is 136 Å². The van der Waals surface area contributed by atoms with Gasteiger partial charge >= 0.3 is 0 Å². The lowest BCUT2D eigenvalue weighted by Crippen LogP contribution is -1.83. The zero-order chi connectivity index (χ0) is 27.4. The van der Waals surface area contributed by atoms with E-state index in [0.717, 1.165) is 54.9 Å². The highest BCUT2D eigenvalue weighted by atomic mass is 16.3. The Morgan fingerprint density at radius 3 is 2.19 bits per heavy atom. The summed E-state index contributed by atoms with van der Waals surface area (Å²) in [7, 11) is 0. The number of rotatable bonds is 2. The van der Waals surface area contributed by atoms with E-state index in [1.165, 1.54) is 38.6 Å². The molecule has 0 saturated heterocycles. The molecule has 42 heavy (non-hydrogen) atoms. The molecule has 9 aromatic rings. The van der Waals surface area contributed by atoms with Crippen molar-refractivity contribution in [3.05, 3.63) is 127 Å². The Morgan fingerprint density at radius 2 is 1.24 bits per heavy atom. The van der Waals surface area contributed by atoms with Crippen molar-refractivity contribution in [3.63, 3.8) is 0 Å². The Labute approximate surface area is 240 Å². The fourth-order valence-electron chi connectivity index (χ4n) is 6.86. The lowest BCUT2D eigenvalue weighted by molar-refractivity contribution is 0.623. The van der Waals surface area contributed by atoms with Gasteiger partial charge < -0.3 is 8.83 Å². The Morgan fingerprint density at radius 1 is 0.429 bits per heavy atom. The second-order valence-corrected chi connectivity index (χ2v) is 11.1. The number of hydrogen-bond donors (Lipinski definition) is 0. The SMILES string of the molecule is c1ccc(-c2nc3ccc4ccc(-c5ccc6c(c5)-c5cc7c8ccccc8oc7c7cccc-6c57)cc4c3o2)cc1. The van der Waals surface area contributed by atoms with Gasteiger partial charge in [0.1, 0.15) is 16.7 Å². The van der Waals surface area contributed by atoms with Crippen molar-refractivity contribution in [2.45, 2.75) is 0 Å². The van der Waals surface area contributed by atoms with Crippen LogP contribution in [0.5, 0.6) is 0 Å². The minimum Gasteiger partial charge on any atom is -0.455 e. The summed E-state index contributed by atoms with van der Waals surface area (Å²) in [6, 6.07) is 44.9. The molecule has 0 radical (unpaired) electrons. The number of nitrogens with zero attached hydrogens (tertiary/aromatic N) is 1. The van der Waals surface area contributed by atoms with Crippen LogP contribution in [-0.4, -0.2) is 4.98 Å². The van der Waals surface area contributed by atoms with Crippen LogP contribution in [0.1, 0.15) is 0 Å². The van der Waals surface area contributed by atoms with Crippen LogP contribution in [-0.2, 0) is 0 Å². The van der Waals surface area contributed by atoms with Crippen LogP contribution in [0.4, 0.5) is 0 Å². The minimum atomic E-state index is 0.643. The number of furan rings is 1. The summed E-state index contributed by atoms with van der Waals surface area (Å²) in [6.07, 6.45) is 0. The highest BCUT2D eigenvalue weighted by molar-refractivity contribution is 6.26. The van der Waals surface area contributed by atoms with Crippen LogP contribution in [0.25, 0.3) is 99.4 Å². The first-order valence-electron chi connectivity index (χ1n) is 14.2. The zero-order valence-corrected chi connectivity index (χ0v) is 22.4. The first kappa shape index (κ1) is 22.1. The van der Waals surface area contributed by atoms with Crippen molar-refractivity contribution in [3.8, 4) is 44.8 Å². The summed E-state index contributed by atoms with van der Waals surface area (Å²) in [5.74, 6) is 0.643. The van der Waals surface area contributed by atoms with E-state index in [1.807, 2.05) is 42.5 Å². The summed E-state index contributed by atoms with van der Waals surface area (Å²) in [4.78, 5) is 4.80. The number of para-hydroxylation sites is 1. The molecule has 1 aliphatic carbocycles. The largest absolute Gasteiger partial charge is 0.455 e. The number of oxazole rings is 1. The molecule has 0 bridgehead atoms. The Bertz CT molecular complexity index is 2570. The minimum absolute atomic E-state index is 0.643. The average Bonchev–Trinajstić information content (AvgIpc) is 3.75. The molecule has 0 amide bonds. The topological polar surface area (TPSA) is 39.2 Å². The van der Waals surface area contributed by atoms with Crippen molar-refractivity contribution in [2.24, 2.45) is 0 Å². The maximum absolute atomic E-state index is 6.39. The third-order valence-electron chi connectivity index (χ3n) is 8.83. The van der Waals surface area contributed by atoms with Gasteiger partial charge in [-0.2, -0.15) is 0 Å². The number of aromatic nitrogens is 1. The smallest absolute Gasteiger partial charge is 0.227 e. The van der Waals surface area contributed by atoms with Crippen molar-refractivity contribution >= 4 is 54.6 Å². The van der Waals surface area contributed by atoms with E-state index < -0.39 is 0 Å². The lowest BCUT2D eigenvalue weighted by atomic mass is 9.95. The third-order valence-corrected chi connectivity index (χ3v) is 8.83. The van der Waals surface area contributed by atoms with Gasteiger partial charge in [-0.1, -0.05) is 84.9 Å². The van der Waals surface area contributed by atoms with Crippen molar-refractivity contribution in [2.75, 3.05) is 0 Å². The molecule has 0 N–H and O–H groups in total. The van der Waals surface area contributed by atoms with Crippen LogP contribution in [0.2, 0.25) is 0 Å². The van der Waals surface area contributed by atoms with Gasteiger partial charge in [0.2, 0.25) is 5.89 Å². The Balaban J connectivity index is 1.17. The van der Waals surface area contributed by atoms with Gasteiger partial charge in [-0.05, 0) is 81.2 Å². The molecule has 10 rings (SSSR count). The molecule has 194 valence electrons. The quantitative estimate of drug-likeness (QED) is 0.221. The van der Waals surface area contributed by atoms with Crippen LogP contribution in [0, 0.1) is 0 Å². The summed E-state index contributed by atoms with van der Waals surface area (Å²) in [5, 5.41) is 6.96. The van der Waals surface area contributed by atoms with E-state index >= 15 is 0 Å². The van der Waals surface area contributed by atoms with E-state index in [-0.39, 0.29) is 0 Å². The molecule has 0 aliphatic heterocycles. The average molecular weight is 536 g/mol. The molecule has 2 aromatic heterocycles. The van der Waals surface area contributed by atoms with Crippen molar-refractivity contribution in [1.82, 2.24) is 4.98 Å². The third kappa shape index (κ3) is 2.92. The fraction of sp³-hybridized carbons (Fsp3) is 0. The first-order chi connectivity index (χ1) is 20.8. The van der Waals surface area contributed by atoms with Gasteiger partial charge in [0.25, 0.3) is 0 Å². The first-order valence-corrected chi connectivity index (χ1v) is 14.2. The summed E-state index contributed by atoms with van der Waals surface area (Å²) < 4.78 is 12.7. The summed E-state index contributed by atoms with van der Waals surface area (Å²) in [5.41, 5.74) is 11.9. The molecule has 0 fully saturated rings. The highest BCUT2D eigenvalue weighted by Crippen LogP contribution is 2.51. The monoisotopic (exact) mass is 535 g/mol. The maximum Gasteiger partial charge on any atom is 0.227 e. The van der Waals surface area contributed by atoms with E-state index in [0.29, 0.717) is 5.89 Å². The Hall–Kier alpha value is -5.67. The van der Waals surface area contributed by atoms with Gasteiger partial charge in [0, 0.05) is 32.5 Å². The lowest BCUT2D eigenvalue weighted by Gasteiger charge is -2.08. The van der Waals surface area contributed by atoms with Gasteiger partial charge in [-0.15, -0.1) is 0 Å². The predicted octanol–water partition coefficient (Wildman–Crippen LogP) is 11.0. The molecule has 2 heterocycles. The molecular weight excluding hydrogens is 514 g/mol. The normalized spacial score (nSPS) is 12.3. The van der Waals surface area contributed by atoms with Crippen LogP contribution in [0.3, 0.4) is 0 Å². The molecule has 0 saturated carbocycles. The Kier molecular flexibility index (Phi) is 4.18. The number of hydrogen-bond acceptors (Lipinski definition) is 3. The molecule has 7 aromatic carbocycles. The predicted molar refractivity (Wildman–Crippen MR) is 172 cm³/mol. The van der Waals surface area contributed by atoms with E-state index in [1.54, 1.807) is 0 Å². The second-order valence-electron chi connectivity index (χ2n) is 11.1. The molecule has 1 aliphatic rings. The second kappa shape index (κ2) is 7.96. The van der Waals surface area contributed by atoms with Gasteiger partial charge in [0.15, 0.2) is 5.58 Å². The molecule has 0 unspecified atom stereocenters. The summed E-state index contributed by atoms with van der Waals surface area (Å²) >= 11 is 0.